The molecule has 0 fully saturated rings. The second-order valence-electron chi connectivity index (χ2n) is 4.45. The molecule has 1 rings (SSSR count). The zero-order valence-electron chi connectivity index (χ0n) is 12.1. The molecule has 106 valence electrons. The highest BCUT2D eigenvalue weighted by molar-refractivity contribution is 5.99. The number of ether oxygens (including phenoxy) is 1. The van der Waals surface area contributed by atoms with Crippen molar-refractivity contribution < 1.29 is 9.53 Å². The molecular weight excluding hydrogens is 240 g/mol. The van der Waals surface area contributed by atoms with Gasteiger partial charge in [-0.05, 0) is 31.9 Å². The lowest BCUT2D eigenvalue weighted by Gasteiger charge is -2.27. The van der Waals surface area contributed by atoms with Gasteiger partial charge in [-0.1, -0.05) is 19.9 Å². The van der Waals surface area contributed by atoms with Gasteiger partial charge in [-0.25, -0.2) is 4.79 Å². The van der Waals surface area contributed by atoms with Crippen LogP contribution in [0.4, 0.5) is 11.4 Å². The standard InChI is InChI=1S/C15H24N2O2/c1-4-10-17(11-5-2)14-12(15(18)19-6-3)8-7-9-13(14)16/h7-9H,4-6,10-11,16H2,1-3H3. The minimum Gasteiger partial charge on any atom is -0.462 e. The van der Waals surface area contributed by atoms with Gasteiger partial charge in [0.15, 0.2) is 0 Å². The van der Waals surface area contributed by atoms with Crippen molar-refractivity contribution >= 4 is 17.3 Å². The topological polar surface area (TPSA) is 55.6 Å². The Morgan fingerprint density at radius 1 is 1.21 bits per heavy atom. The number of para-hydroxylation sites is 1. The van der Waals surface area contributed by atoms with Crippen molar-refractivity contribution in [2.75, 3.05) is 30.3 Å². The quantitative estimate of drug-likeness (QED) is 0.607. The maximum Gasteiger partial charge on any atom is 0.340 e. The molecule has 0 atom stereocenters. The first kappa shape index (κ1) is 15.3. The Kier molecular flexibility index (Phi) is 6.19. The minimum absolute atomic E-state index is 0.304. The van der Waals surface area contributed by atoms with Crippen molar-refractivity contribution in [2.24, 2.45) is 0 Å². The first-order valence-electron chi connectivity index (χ1n) is 6.96. The molecule has 0 saturated carbocycles. The summed E-state index contributed by atoms with van der Waals surface area (Å²) in [5.41, 5.74) is 8.07. The fourth-order valence-corrected chi connectivity index (χ4v) is 2.16. The predicted molar refractivity (Wildman–Crippen MR) is 79.6 cm³/mol. The zero-order chi connectivity index (χ0) is 14.3. The van der Waals surface area contributed by atoms with Crippen LogP contribution < -0.4 is 10.6 Å². The van der Waals surface area contributed by atoms with E-state index in [4.69, 9.17) is 10.5 Å². The van der Waals surface area contributed by atoms with E-state index in [1.165, 1.54) is 0 Å². The van der Waals surface area contributed by atoms with Crippen molar-refractivity contribution in [3.05, 3.63) is 23.8 Å². The number of nitrogens with zero attached hydrogens (tertiary/aromatic N) is 1. The third-order valence-corrected chi connectivity index (χ3v) is 2.87. The van der Waals surface area contributed by atoms with E-state index in [0.717, 1.165) is 31.6 Å². The summed E-state index contributed by atoms with van der Waals surface area (Å²) >= 11 is 0. The summed E-state index contributed by atoms with van der Waals surface area (Å²) in [5, 5.41) is 0. The molecular formula is C15H24N2O2. The first-order valence-corrected chi connectivity index (χ1v) is 6.96. The molecule has 0 heterocycles. The van der Waals surface area contributed by atoms with Crippen LogP contribution in [0.5, 0.6) is 0 Å². The maximum absolute atomic E-state index is 12.0. The van der Waals surface area contributed by atoms with E-state index in [0.29, 0.717) is 17.9 Å². The molecule has 0 unspecified atom stereocenters. The zero-order valence-corrected chi connectivity index (χ0v) is 12.1. The van der Waals surface area contributed by atoms with E-state index in [-0.39, 0.29) is 5.97 Å². The van der Waals surface area contributed by atoms with Gasteiger partial charge in [0.2, 0.25) is 0 Å². The Labute approximate surface area is 115 Å². The monoisotopic (exact) mass is 264 g/mol. The number of carbonyl (C=O) groups excluding carboxylic acids is 1. The number of hydrogen-bond donors (Lipinski definition) is 1. The highest BCUT2D eigenvalue weighted by atomic mass is 16.5. The molecule has 4 nitrogen and oxygen atoms in total. The SMILES string of the molecule is CCCN(CCC)c1c(N)cccc1C(=O)OCC. The van der Waals surface area contributed by atoms with Gasteiger partial charge in [0.05, 0.1) is 23.5 Å². The van der Waals surface area contributed by atoms with E-state index >= 15 is 0 Å². The molecule has 2 N–H and O–H groups in total. The van der Waals surface area contributed by atoms with Crippen LogP contribution in [0.25, 0.3) is 0 Å². The third kappa shape index (κ3) is 3.88. The first-order chi connectivity index (χ1) is 9.15. The Hall–Kier alpha value is -1.71. The molecule has 19 heavy (non-hydrogen) atoms. The molecule has 4 heteroatoms. The number of esters is 1. The van der Waals surface area contributed by atoms with Crippen LogP contribution in [0.3, 0.4) is 0 Å². The molecule has 0 aliphatic rings. The van der Waals surface area contributed by atoms with E-state index in [1.54, 1.807) is 19.1 Å². The van der Waals surface area contributed by atoms with Gasteiger partial charge < -0.3 is 15.4 Å². The summed E-state index contributed by atoms with van der Waals surface area (Å²) < 4.78 is 5.11. The molecule has 1 aromatic rings. The van der Waals surface area contributed by atoms with E-state index in [9.17, 15) is 4.79 Å². The summed E-state index contributed by atoms with van der Waals surface area (Å²) in [6, 6.07) is 5.40. The summed E-state index contributed by atoms with van der Waals surface area (Å²) in [6.07, 6.45) is 2.02. The smallest absolute Gasteiger partial charge is 0.340 e. The molecule has 0 aliphatic heterocycles. The summed E-state index contributed by atoms with van der Waals surface area (Å²) in [7, 11) is 0. The van der Waals surface area contributed by atoms with Crippen LogP contribution in [0.15, 0.2) is 18.2 Å². The van der Waals surface area contributed by atoms with Crippen molar-refractivity contribution in [3.63, 3.8) is 0 Å². The summed E-state index contributed by atoms with van der Waals surface area (Å²) in [5.74, 6) is -0.304. The second kappa shape index (κ2) is 7.67. The molecule has 0 amide bonds. The van der Waals surface area contributed by atoms with E-state index in [2.05, 4.69) is 18.7 Å². The molecule has 0 saturated heterocycles. The van der Waals surface area contributed by atoms with Crippen molar-refractivity contribution in [3.8, 4) is 0 Å². The van der Waals surface area contributed by atoms with Gasteiger partial charge in [-0.15, -0.1) is 0 Å². The fraction of sp³-hybridized carbons (Fsp3) is 0.533. The second-order valence-corrected chi connectivity index (χ2v) is 4.45. The van der Waals surface area contributed by atoms with Gasteiger partial charge in [0.1, 0.15) is 0 Å². The molecule has 0 aromatic heterocycles. The lowest BCUT2D eigenvalue weighted by molar-refractivity contribution is 0.0527. The number of rotatable bonds is 7. The van der Waals surface area contributed by atoms with Gasteiger partial charge >= 0.3 is 5.97 Å². The van der Waals surface area contributed by atoms with Gasteiger partial charge in [0.25, 0.3) is 0 Å². The molecule has 0 bridgehead atoms. The van der Waals surface area contributed by atoms with E-state index < -0.39 is 0 Å². The van der Waals surface area contributed by atoms with E-state index in [1.807, 2.05) is 6.07 Å². The lowest BCUT2D eigenvalue weighted by Crippen LogP contribution is -2.28. The molecule has 1 aromatic carbocycles. The van der Waals surface area contributed by atoms with Crippen LogP contribution in [-0.4, -0.2) is 25.7 Å². The Morgan fingerprint density at radius 2 is 1.84 bits per heavy atom. The van der Waals surface area contributed by atoms with Crippen molar-refractivity contribution in [1.82, 2.24) is 0 Å². The highest BCUT2D eigenvalue weighted by Gasteiger charge is 2.19. The maximum atomic E-state index is 12.0. The number of hydrogen-bond acceptors (Lipinski definition) is 4. The normalized spacial score (nSPS) is 10.3. The lowest BCUT2D eigenvalue weighted by atomic mass is 10.1. The van der Waals surface area contributed by atoms with Gasteiger partial charge in [0, 0.05) is 13.1 Å². The number of anilines is 2. The average molecular weight is 264 g/mol. The van der Waals surface area contributed by atoms with Crippen molar-refractivity contribution in [2.45, 2.75) is 33.6 Å². The number of carbonyl (C=O) groups is 1. The van der Waals surface area contributed by atoms with Crippen LogP contribution in [-0.2, 0) is 4.74 Å². The molecule has 0 aliphatic carbocycles. The summed E-state index contributed by atoms with van der Waals surface area (Å²) in [6.45, 7) is 8.18. The van der Waals surface area contributed by atoms with Crippen LogP contribution in [0, 0.1) is 0 Å². The molecule has 0 spiro atoms. The Bertz CT molecular complexity index is 413. The Balaban J connectivity index is 3.17. The van der Waals surface area contributed by atoms with Gasteiger partial charge in [-0.2, -0.15) is 0 Å². The van der Waals surface area contributed by atoms with Crippen molar-refractivity contribution in [1.29, 1.82) is 0 Å². The fourth-order valence-electron chi connectivity index (χ4n) is 2.16. The van der Waals surface area contributed by atoms with Crippen LogP contribution in [0.2, 0.25) is 0 Å². The largest absolute Gasteiger partial charge is 0.462 e. The highest BCUT2D eigenvalue weighted by Crippen LogP contribution is 2.29. The number of benzene rings is 1. The number of nitrogens with two attached hydrogens (primary N) is 1. The average Bonchev–Trinajstić information content (AvgIpc) is 2.38. The molecule has 0 radical (unpaired) electrons. The Morgan fingerprint density at radius 3 is 2.37 bits per heavy atom. The van der Waals surface area contributed by atoms with Gasteiger partial charge in [-0.3, -0.25) is 0 Å². The third-order valence-electron chi connectivity index (χ3n) is 2.87. The van der Waals surface area contributed by atoms with Crippen LogP contribution >= 0.6 is 0 Å². The minimum atomic E-state index is -0.304. The predicted octanol–water partition coefficient (Wildman–Crippen LogP) is 3.07. The van der Waals surface area contributed by atoms with Crippen LogP contribution in [0.1, 0.15) is 44.0 Å². The number of nitrogen functional groups attached to an aromatic ring is 1. The summed E-state index contributed by atoms with van der Waals surface area (Å²) in [4.78, 5) is 14.2.